The highest BCUT2D eigenvalue weighted by atomic mass is 79.9. The third kappa shape index (κ3) is 3.63. The Morgan fingerprint density at radius 3 is 2.53 bits per heavy atom. The summed E-state index contributed by atoms with van der Waals surface area (Å²) < 4.78 is 5.90. The van der Waals surface area contributed by atoms with Gasteiger partial charge >= 0.3 is 5.97 Å². The summed E-state index contributed by atoms with van der Waals surface area (Å²) in [5.41, 5.74) is 0.749. The summed E-state index contributed by atoms with van der Waals surface area (Å²) >= 11 is 3.36. The van der Waals surface area contributed by atoms with Crippen molar-refractivity contribution < 1.29 is 14.6 Å². The van der Waals surface area contributed by atoms with E-state index >= 15 is 0 Å². The first-order valence-electron chi connectivity index (χ1n) is 5.28. The molecule has 0 aliphatic rings. The van der Waals surface area contributed by atoms with Gasteiger partial charge in [-0.05, 0) is 40.0 Å². The maximum Gasteiger partial charge on any atom is 0.326 e. The SMILES string of the molecule is COc1ccc(NC(C(=O)O)C(C)C)cc1Br. The molecular weight excluding hydrogens is 286 g/mol. The fraction of sp³-hybridized carbons (Fsp3) is 0.417. The van der Waals surface area contributed by atoms with Crippen molar-refractivity contribution in [3.63, 3.8) is 0 Å². The number of halogens is 1. The third-order valence-electron chi connectivity index (χ3n) is 2.41. The zero-order valence-electron chi connectivity index (χ0n) is 10.0. The Bertz CT molecular complexity index is 407. The molecule has 0 bridgehead atoms. The van der Waals surface area contributed by atoms with Crippen LogP contribution in [0, 0.1) is 5.92 Å². The summed E-state index contributed by atoms with van der Waals surface area (Å²) in [4.78, 5) is 11.1. The molecule has 0 saturated carbocycles. The first-order valence-corrected chi connectivity index (χ1v) is 6.08. The molecule has 5 heteroatoms. The summed E-state index contributed by atoms with van der Waals surface area (Å²) in [6.07, 6.45) is 0. The molecule has 0 aliphatic carbocycles. The van der Waals surface area contributed by atoms with Crippen LogP contribution >= 0.6 is 15.9 Å². The third-order valence-corrected chi connectivity index (χ3v) is 3.03. The second-order valence-corrected chi connectivity index (χ2v) is 4.91. The van der Waals surface area contributed by atoms with Crippen LogP contribution in [0.15, 0.2) is 22.7 Å². The average molecular weight is 302 g/mol. The van der Waals surface area contributed by atoms with E-state index in [-0.39, 0.29) is 5.92 Å². The topological polar surface area (TPSA) is 58.6 Å². The van der Waals surface area contributed by atoms with Crippen molar-refractivity contribution in [2.45, 2.75) is 19.9 Å². The Labute approximate surface area is 109 Å². The lowest BCUT2D eigenvalue weighted by Crippen LogP contribution is -2.34. The van der Waals surface area contributed by atoms with Crippen LogP contribution < -0.4 is 10.1 Å². The number of carboxylic acids is 1. The molecule has 0 saturated heterocycles. The molecule has 0 aromatic heterocycles. The quantitative estimate of drug-likeness (QED) is 0.878. The summed E-state index contributed by atoms with van der Waals surface area (Å²) in [6.45, 7) is 3.73. The van der Waals surface area contributed by atoms with Gasteiger partial charge in [-0.15, -0.1) is 0 Å². The van der Waals surface area contributed by atoms with Crippen molar-refractivity contribution in [2.75, 3.05) is 12.4 Å². The van der Waals surface area contributed by atoms with E-state index in [1.165, 1.54) is 0 Å². The van der Waals surface area contributed by atoms with Gasteiger partial charge < -0.3 is 15.2 Å². The molecule has 1 rings (SSSR count). The first kappa shape index (κ1) is 13.8. The van der Waals surface area contributed by atoms with Crippen molar-refractivity contribution in [1.82, 2.24) is 0 Å². The predicted octanol–water partition coefficient (Wildman–Crippen LogP) is 2.98. The summed E-state index contributed by atoms with van der Waals surface area (Å²) in [5, 5.41) is 12.1. The Morgan fingerprint density at radius 1 is 1.47 bits per heavy atom. The van der Waals surface area contributed by atoms with Crippen molar-refractivity contribution in [3.8, 4) is 5.75 Å². The highest BCUT2D eigenvalue weighted by molar-refractivity contribution is 9.10. The van der Waals surface area contributed by atoms with Gasteiger partial charge in [0.25, 0.3) is 0 Å². The van der Waals surface area contributed by atoms with E-state index in [1.54, 1.807) is 25.3 Å². The molecule has 0 fully saturated rings. The van der Waals surface area contributed by atoms with E-state index in [0.29, 0.717) is 5.75 Å². The molecular formula is C12H16BrNO3. The van der Waals surface area contributed by atoms with Gasteiger partial charge in [-0.2, -0.15) is 0 Å². The second-order valence-electron chi connectivity index (χ2n) is 4.05. The maximum atomic E-state index is 11.1. The minimum absolute atomic E-state index is 0.00776. The number of methoxy groups -OCH3 is 1. The van der Waals surface area contributed by atoms with Crippen LogP contribution in [-0.2, 0) is 4.79 Å². The van der Waals surface area contributed by atoms with Crippen LogP contribution in [0.1, 0.15) is 13.8 Å². The smallest absolute Gasteiger partial charge is 0.326 e. The first-order chi connectivity index (χ1) is 7.95. The predicted molar refractivity (Wildman–Crippen MR) is 70.6 cm³/mol. The van der Waals surface area contributed by atoms with Gasteiger partial charge in [-0.25, -0.2) is 4.79 Å². The monoisotopic (exact) mass is 301 g/mol. The Morgan fingerprint density at radius 2 is 2.12 bits per heavy atom. The van der Waals surface area contributed by atoms with E-state index < -0.39 is 12.0 Å². The molecule has 0 radical (unpaired) electrons. The number of nitrogens with one attached hydrogen (secondary N) is 1. The molecule has 17 heavy (non-hydrogen) atoms. The van der Waals surface area contributed by atoms with Crippen LogP contribution in [0.4, 0.5) is 5.69 Å². The number of rotatable bonds is 5. The molecule has 1 aromatic carbocycles. The van der Waals surface area contributed by atoms with E-state index in [4.69, 9.17) is 9.84 Å². The number of benzene rings is 1. The van der Waals surface area contributed by atoms with Crippen molar-refractivity contribution in [2.24, 2.45) is 5.92 Å². The Hall–Kier alpha value is -1.23. The lowest BCUT2D eigenvalue weighted by atomic mass is 10.0. The normalized spacial score (nSPS) is 12.3. The van der Waals surface area contributed by atoms with Gasteiger partial charge in [0.05, 0.1) is 11.6 Å². The zero-order chi connectivity index (χ0) is 13.0. The standard InChI is InChI=1S/C12H16BrNO3/c1-7(2)11(12(15)16)14-8-4-5-10(17-3)9(13)6-8/h4-7,11,14H,1-3H3,(H,15,16). The number of aliphatic carboxylic acids is 1. The molecule has 1 unspecified atom stereocenters. The van der Waals surface area contributed by atoms with Crippen molar-refractivity contribution >= 4 is 27.6 Å². The lowest BCUT2D eigenvalue weighted by Gasteiger charge is -2.19. The van der Waals surface area contributed by atoms with E-state index in [9.17, 15) is 4.79 Å². The molecule has 4 nitrogen and oxygen atoms in total. The number of anilines is 1. The van der Waals surface area contributed by atoms with Gasteiger partial charge in [-0.1, -0.05) is 13.8 Å². The summed E-state index contributed by atoms with van der Waals surface area (Å²) in [7, 11) is 1.58. The molecule has 1 aromatic rings. The summed E-state index contributed by atoms with van der Waals surface area (Å²) in [5.74, 6) is -0.132. The molecule has 0 heterocycles. The van der Waals surface area contributed by atoms with Crippen molar-refractivity contribution in [1.29, 1.82) is 0 Å². The lowest BCUT2D eigenvalue weighted by molar-refractivity contribution is -0.138. The number of hydrogen-bond acceptors (Lipinski definition) is 3. The van der Waals surface area contributed by atoms with Gasteiger partial charge in [0.1, 0.15) is 11.8 Å². The number of ether oxygens (including phenoxy) is 1. The molecule has 0 amide bonds. The van der Waals surface area contributed by atoms with Gasteiger partial charge in [0, 0.05) is 5.69 Å². The Balaban J connectivity index is 2.87. The average Bonchev–Trinajstić information content (AvgIpc) is 2.25. The van der Waals surface area contributed by atoms with E-state index in [2.05, 4.69) is 21.2 Å². The summed E-state index contributed by atoms with van der Waals surface area (Å²) in [6, 6.07) is 4.78. The van der Waals surface area contributed by atoms with Crippen LogP contribution in [0.25, 0.3) is 0 Å². The molecule has 0 aliphatic heterocycles. The number of carbonyl (C=O) groups is 1. The Kier molecular flexibility index (Phi) is 4.81. The fourth-order valence-electron chi connectivity index (χ4n) is 1.45. The van der Waals surface area contributed by atoms with Gasteiger partial charge in [0.2, 0.25) is 0 Å². The highest BCUT2D eigenvalue weighted by Crippen LogP contribution is 2.28. The van der Waals surface area contributed by atoms with Crippen molar-refractivity contribution in [3.05, 3.63) is 22.7 Å². The molecule has 94 valence electrons. The second kappa shape index (κ2) is 5.91. The molecule has 1 atom stereocenters. The number of hydrogen-bond donors (Lipinski definition) is 2. The van der Waals surface area contributed by atoms with E-state index in [1.807, 2.05) is 13.8 Å². The zero-order valence-corrected chi connectivity index (χ0v) is 11.6. The van der Waals surface area contributed by atoms with Gasteiger partial charge in [-0.3, -0.25) is 0 Å². The number of carboxylic acid groups (broad SMARTS) is 1. The molecule has 0 spiro atoms. The van der Waals surface area contributed by atoms with Crippen LogP contribution in [0.5, 0.6) is 5.75 Å². The maximum absolute atomic E-state index is 11.1. The van der Waals surface area contributed by atoms with Gasteiger partial charge in [0.15, 0.2) is 0 Å². The van der Waals surface area contributed by atoms with Crippen LogP contribution in [0.3, 0.4) is 0 Å². The highest BCUT2D eigenvalue weighted by Gasteiger charge is 2.21. The molecule has 2 N–H and O–H groups in total. The fourth-order valence-corrected chi connectivity index (χ4v) is 1.99. The van der Waals surface area contributed by atoms with Crippen LogP contribution in [-0.4, -0.2) is 24.2 Å². The van der Waals surface area contributed by atoms with E-state index in [0.717, 1.165) is 10.2 Å². The minimum atomic E-state index is -0.855. The van der Waals surface area contributed by atoms with Crippen LogP contribution in [0.2, 0.25) is 0 Å². The largest absolute Gasteiger partial charge is 0.496 e. The minimum Gasteiger partial charge on any atom is -0.496 e.